The Morgan fingerprint density at radius 1 is 0.857 bits per heavy atom. The molecule has 84 valence electrons. The van der Waals surface area contributed by atoms with Crippen LogP contribution >= 0.6 is 0 Å². The molecule has 0 aromatic rings. The number of hydrogen-bond donors (Lipinski definition) is 0. The molecular weight excluding hydrogens is 168 g/mol. The lowest BCUT2D eigenvalue weighted by molar-refractivity contribution is 0.379. The van der Waals surface area contributed by atoms with Crippen LogP contribution in [0.3, 0.4) is 0 Å². The van der Waals surface area contributed by atoms with Gasteiger partial charge in [0.05, 0.1) is 0 Å². The van der Waals surface area contributed by atoms with Gasteiger partial charge in [-0.05, 0) is 36.5 Å². The highest BCUT2D eigenvalue weighted by atomic mass is 14.2. The van der Waals surface area contributed by atoms with Crippen LogP contribution in [0.2, 0.25) is 0 Å². The van der Waals surface area contributed by atoms with Crippen LogP contribution in [0.4, 0.5) is 0 Å². The van der Waals surface area contributed by atoms with Crippen molar-refractivity contribution < 1.29 is 0 Å². The molecule has 0 fully saturated rings. The minimum absolute atomic E-state index is 0.772. The van der Waals surface area contributed by atoms with Crippen molar-refractivity contribution in [2.45, 2.75) is 54.4 Å². The number of hydrogen-bond acceptors (Lipinski definition) is 0. The van der Waals surface area contributed by atoms with Gasteiger partial charge in [0, 0.05) is 0 Å². The standard InChI is InChI=1S/C14H28/c1-11(2)8-7-9-14(13(5)6)10-12(3)4/h7,9,11-14H,8,10H2,1-6H3/b9-7-. The van der Waals surface area contributed by atoms with Gasteiger partial charge in [-0.2, -0.15) is 0 Å². The molecule has 0 aliphatic heterocycles. The minimum atomic E-state index is 0.772. The third-order valence-corrected chi connectivity index (χ3v) is 2.59. The van der Waals surface area contributed by atoms with Crippen molar-refractivity contribution in [2.75, 3.05) is 0 Å². The van der Waals surface area contributed by atoms with Crippen LogP contribution in [0, 0.1) is 23.7 Å². The maximum Gasteiger partial charge on any atom is -0.0208 e. The molecule has 0 saturated carbocycles. The Kier molecular flexibility index (Phi) is 6.96. The molecule has 0 nitrogen and oxygen atoms in total. The van der Waals surface area contributed by atoms with Crippen LogP contribution in [-0.4, -0.2) is 0 Å². The van der Waals surface area contributed by atoms with Crippen LogP contribution in [0.25, 0.3) is 0 Å². The van der Waals surface area contributed by atoms with Crippen molar-refractivity contribution in [3.05, 3.63) is 12.2 Å². The average Bonchev–Trinajstić information content (AvgIpc) is 2.00. The van der Waals surface area contributed by atoms with E-state index in [0.717, 1.165) is 23.7 Å². The maximum absolute atomic E-state index is 2.44. The van der Waals surface area contributed by atoms with Crippen molar-refractivity contribution in [3.63, 3.8) is 0 Å². The fourth-order valence-electron chi connectivity index (χ4n) is 1.64. The second-order valence-electron chi connectivity index (χ2n) is 5.60. The quantitative estimate of drug-likeness (QED) is 0.530. The maximum atomic E-state index is 2.44. The predicted molar refractivity (Wildman–Crippen MR) is 66.4 cm³/mol. The first-order valence-corrected chi connectivity index (χ1v) is 6.10. The lowest BCUT2D eigenvalue weighted by Gasteiger charge is -2.19. The summed E-state index contributed by atoms with van der Waals surface area (Å²) < 4.78 is 0. The smallest absolute Gasteiger partial charge is 0.0208 e. The lowest BCUT2D eigenvalue weighted by Crippen LogP contribution is -2.08. The van der Waals surface area contributed by atoms with Crippen LogP contribution in [0.15, 0.2) is 12.2 Å². The van der Waals surface area contributed by atoms with Crippen LogP contribution in [0.1, 0.15) is 54.4 Å². The van der Waals surface area contributed by atoms with Crippen LogP contribution in [0.5, 0.6) is 0 Å². The van der Waals surface area contributed by atoms with Crippen molar-refractivity contribution in [3.8, 4) is 0 Å². The average molecular weight is 196 g/mol. The van der Waals surface area contributed by atoms with Gasteiger partial charge in [-0.3, -0.25) is 0 Å². The molecule has 0 spiro atoms. The summed E-state index contributed by atoms with van der Waals surface area (Å²) in [7, 11) is 0. The molecule has 0 aliphatic rings. The Bertz CT molecular complexity index is 151. The summed E-state index contributed by atoms with van der Waals surface area (Å²) in [4.78, 5) is 0. The van der Waals surface area contributed by atoms with E-state index in [0.29, 0.717) is 0 Å². The van der Waals surface area contributed by atoms with Crippen molar-refractivity contribution >= 4 is 0 Å². The predicted octanol–water partition coefficient (Wildman–Crippen LogP) is 4.91. The zero-order valence-electron chi connectivity index (χ0n) is 10.9. The van der Waals surface area contributed by atoms with Gasteiger partial charge in [-0.25, -0.2) is 0 Å². The molecule has 0 N–H and O–H groups in total. The first-order chi connectivity index (χ1) is 6.43. The van der Waals surface area contributed by atoms with Gasteiger partial charge in [-0.1, -0.05) is 53.7 Å². The largest absolute Gasteiger partial charge is 0.0880 e. The van der Waals surface area contributed by atoms with E-state index in [1.165, 1.54) is 12.8 Å². The van der Waals surface area contributed by atoms with Crippen molar-refractivity contribution in [2.24, 2.45) is 23.7 Å². The van der Waals surface area contributed by atoms with E-state index < -0.39 is 0 Å². The van der Waals surface area contributed by atoms with E-state index in [1.807, 2.05) is 0 Å². The van der Waals surface area contributed by atoms with Gasteiger partial charge in [0.1, 0.15) is 0 Å². The van der Waals surface area contributed by atoms with E-state index >= 15 is 0 Å². The molecule has 0 aromatic heterocycles. The van der Waals surface area contributed by atoms with E-state index in [9.17, 15) is 0 Å². The van der Waals surface area contributed by atoms with E-state index in [1.54, 1.807) is 0 Å². The molecule has 0 heterocycles. The molecule has 14 heavy (non-hydrogen) atoms. The van der Waals surface area contributed by atoms with Gasteiger partial charge in [-0.15, -0.1) is 0 Å². The molecule has 0 rings (SSSR count). The normalized spacial score (nSPS) is 14.9. The highest BCUT2D eigenvalue weighted by molar-refractivity contribution is 4.90. The van der Waals surface area contributed by atoms with Gasteiger partial charge < -0.3 is 0 Å². The summed E-state index contributed by atoms with van der Waals surface area (Å²) in [6.07, 6.45) is 7.36. The third-order valence-electron chi connectivity index (χ3n) is 2.59. The zero-order chi connectivity index (χ0) is 11.1. The summed E-state index contributed by atoms with van der Waals surface area (Å²) in [6, 6.07) is 0. The number of allylic oxidation sites excluding steroid dienone is 2. The van der Waals surface area contributed by atoms with Gasteiger partial charge in [0.25, 0.3) is 0 Å². The van der Waals surface area contributed by atoms with Gasteiger partial charge in [0.15, 0.2) is 0 Å². The molecule has 1 atom stereocenters. The summed E-state index contributed by atoms with van der Waals surface area (Å²) in [5, 5.41) is 0. The fourth-order valence-corrected chi connectivity index (χ4v) is 1.64. The Morgan fingerprint density at radius 3 is 1.79 bits per heavy atom. The topological polar surface area (TPSA) is 0 Å². The van der Waals surface area contributed by atoms with Crippen molar-refractivity contribution in [1.29, 1.82) is 0 Å². The highest BCUT2D eigenvalue weighted by Gasteiger charge is 2.11. The molecule has 0 saturated heterocycles. The third kappa shape index (κ3) is 7.17. The summed E-state index contributed by atoms with van der Waals surface area (Å²) in [5.41, 5.74) is 0. The molecule has 1 unspecified atom stereocenters. The zero-order valence-corrected chi connectivity index (χ0v) is 10.9. The van der Waals surface area contributed by atoms with E-state index in [4.69, 9.17) is 0 Å². The second-order valence-corrected chi connectivity index (χ2v) is 5.60. The number of rotatable bonds is 6. The molecule has 0 aliphatic carbocycles. The summed E-state index contributed by atoms with van der Waals surface area (Å²) >= 11 is 0. The first-order valence-electron chi connectivity index (χ1n) is 6.10. The second kappa shape index (κ2) is 7.09. The van der Waals surface area contributed by atoms with E-state index in [2.05, 4.69) is 53.7 Å². The Balaban J connectivity index is 4.02. The van der Waals surface area contributed by atoms with Crippen LogP contribution < -0.4 is 0 Å². The van der Waals surface area contributed by atoms with Gasteiger partial charge >= 0.3 is 0 Å². The van der Waals surface area contributed by atoms with Crippen molar-refractivity contribution in [1.82, 2.24) is 0 Å². The van der Waals surface area contributed by atoms with Crippen LogP contribution in [-0.2, 0) is 0 Å². The Morgan fingerprint density at radius 2 is 1.43 bits per heavy atom. The fraction of sp³-hybridized carbons (Fsp3) is 0.857. The van der Waals surface area contributed by atoms with E-state index in [-0.39, 0.29) is 0 Å². The SMILES string of the molecule is CC(C)C/C=C\C(CC(C)C)C(C)C. The minimum Gasteiger partial charge on any atom is -0.0880 e. The summed E-state index contributed by atoms with van der Waals surface area (Å²) in [5.74, 6) is 3.15. The molecular formula is C14H28. The monoisotopic (exact) mass is 196 g/mol. The molecule has 0 amide bonds. The lowest BCUT2D eigenvalue weighted by atomic mass is 9.87. The molecule has 0 bridgehead atoms. The molecule has 0 aromatic carbocycles. The molecule has 0 heteroatoms. The first kappa shape index (κ1) is 13.7. The highest BCUT2D eigenvalue weighted by Crippen LogP contribution is 2.22. The van der Waals surface area contributed by atoms with Gasteiger partial charge in [0.2, 0.25) is 0 Å². The molecule has 0 radical (unpaired) electrons. The summed E-state index contributed by atoms with van der Waals surface area (Å²) in [6.45, 7) is 13.8. The Labute approximate surface area is 90.8 Å². The Hall–Kier alpha value is -0.260.